The number of ether oxygens (including phenoxy) is 1. The van der Waals surface area contributed by atoms with E-state index >= 15 is 0 Å². The molecule has 1 aromatic heterocycles. The maximum absolute atomic E-state index is 12.6. The number of amides is 1. The van der Waals surface area contributed by atoms with Gasteiger partial charge in [-0.1, -0.05) is 48.5 Å². The molecule has 132 valence electrons. The van der Waals surface area contributed by atoms with E-state index in [9.17, 15) is 14.4 Å². The maximum atomic E-state index is 12.6. The van der Waals surface area contributed by atoms with Crippen molar-refractivity contribution in [3.05, 3.63) is 82.2 Å². The highest BCUT2D eigenvalue weighted by molar-refractivity contribution is 5.97. The smallest absolute Gasteiger partial charge is 0.349 e. The molecule has 1 atom stereocenters. The number of benzene rings is 2. The molecular formula is C20H17NO5. The second-order valence-electron chi connectivity index (χ2n) is 5.70. The van der Waals surface area contributed by atoms with Crippen LogP contribution in [0.1, 0.15) is 28.4 Å². The minimum Gasteiger partial charge on any atom is -0.469 e. The summed E-state index contributed by atoms with van der Waals surface area (Å²) < 4.78 is 9.90. The molecule has 0 fully saturated rings. The van der Waals surface area contributed by atoms with Gasteiger partial charge in [-0.05, 0) is 17.7 Å². The monoisotopic (exact) mass is 351 g/mol. The average molecular weight is 351 g/mol. The van der Waals surface area contributed by atoms with Crippen LogP contribution in [0, 0.1) is 0 Å². The largest absolute Gasteiger partial charge is 0.469 e. The zero-order valence-electron chi connectivity index (χ0n) is 14.1. The van der Waals surface area contributed by atoms with Gasteiger partial charge in [-0.3, -0.25) is 9.59 Å². The summed E-state index contributed by atoms with van der Waals surface area (Å²) in [5.74, 6) is -1.08. The Morgan fingerprint density at radius 3 is 2.50 bits per heavy atom. The highest BCUT2D eigenvalue weighted by atomic mass is 16.5. The lowest BCUT2D eigenvalue weighted by Gasteiger charge is -2.18. The number of hydrogen-bond acceptors (Lipinski definition) is 5. The summed E-state index contributed by atoms with van der Waals surface area (Å²) in [5, 5.41) is 3.36. The number of para-hydroxylation sites is 1. The molecule has 3 rings (SSSR count). The summed E-state index contributed by atoms with van der Waals surface area (Å²) in [7, 11) is 1.28. The molecule has 6 nitrogen and oxygen atoms in total. The fourth-order valence-corrected chi connectivity index (χ4v) is 2.64. The van der Waals surface area contributed by atoms with Gasteiger partial charge < -0.3 is 14.5 Å². The molecule has 6 heteroatoms. The normalized spacial score (nSPS) is 11.7. The van der Waals surface area contributed by atoms with E-state index in [1.165, 1.54) is 13.2 Å². The molecule has 0 aliphatic carbocycles. The van der Waals surface area contributed by atoms with E-state index in [-0.39, 0.29) is 12.0 Å². The van der Waals surface area contributed by atoms with Crippen LogP contribution in [0.5, 0.6) is 0 Å². The maximum Gasteiger partial charge on any atom is 0.349 e. The van der Waals surface area contributed by atoms with Gasteiger partial charge in [0.05, 0.1) is 19.6 Å². The summed E-state index contributed by atoms with van der Waals surface area (Å²) in [5.41, 5.74) is 0.292. The average Bonchev–Trinajstić information content (AvgIpc) is 2.67. The Balaban J connectivity index is 1.91. The first-order valence-electron chi connectivity index (χ1n) is 8.04. The number of esters is 1. The number of methoxy groups -OCH3 is 1. The third kappa shape index (κ3) is 3.80. The number of hydrogen-bond donors (Lipinski definition) is 1. The lowest BCUT2D eigenvalue weighted by molar-refractivity contribution is -0.141. The zero-order valence-corrected chi connectivity index (χ0v) is 14.1. The topological polar surface area (TPSA) is 85.6 Å². The molecule has 0 aliphatic rings. The van der Waals surface area contributed by atoms with E-state index in [0.717, 1.165) is 5.56 Å². The lowest BCUT2D eigenvalue weighted by atomic mass is 10.0. The minimum atomic E-state index is -0.730. The van der Waals surface area contributed by atoms with Gasteiger partial charge >= 0.3 is 11.6 Å². The van der Waals surface area contributed by atoms with Crippen molar-refractivity contribution in [2.75, 3.05) is 7.11 Å². The summed E-state index contributed by atoms with van der Waals surface area (Å²) in [6.45, 7) is 0. The van der Waals surface area contributed by atoms with Gasteiger partial charge in [0.2, 0.25) is 0 Å². The Bertz CT molecular complexity index is 994. The zero-order chi connectivity index (χ0) is 18.5. The fourth-order valence-electron chi connectivity index (χ4n) is 2.64. The first-order valence-corrected chi connectivity index (χ1v) is 8.04. The molecule has 0 bridgehead atoms. The van der Waals surface area contributed by atoms with E-state index in [0.29, 0.717) is 11.0 Å². The van der Waals surface area contributed by atoms with Crippen molar-refractivity contribution < 1.29 is 18.7 Å². The number of rotatable bonds is 5. The second kappa shape index (κ2) is 7.65. The van der Waals surface area contributed by atoms with Crippen LogP contribution in [0.3, 0.4) is 0 Å². The number of fused-ring (bicyclic) bond motifs is 1. The van der Waals surface area contributed by atoms with E-state index in [2.05, 4.69) is 5.32 Å². The van der Waals surface area contributed by atoms with Crippen LogP contribution in [-0.2, 0) is 9.53 Å². The highest BCUT2D eigenvalue weighted by Gasteiger charge is 2.22. The van der Waals surface area contributed by atoms with Crippen LogP contribution >= 0.6 is 0 Å². The summed E-state index contributed by atoms with van der Waals surface area (Å²) in [6, 6.07) is 16.8. The third-order valence-corrected chi connectivity index (χ3v) is 3.99. The number of carbonyl (C=O) groups is 2. The Labute approximate surface area is 149 Å². The molecule has 26 heavy (non-hydrogen) atoms. The SMILES string of the molecule is COC(=O)C[C@@H](NC(=O)c1cc2ccccc2oc1=O)c1ccccc1. The van der Waals surface area contributed by atoms with Crippen LogP contribution in [0.4, 0.5) is 0 Å². The van der Waals surface area contributed by atoms with E-state index in [4.69, 9.17) is 9.15 Å². The Morgan fingerprint density at radius 1 is 1.08 bits per heavy atom. The molecule has 3 aromatic rings. The molecule has 1 heterocycles. The molecule has 0 unspecified atom stereocenters. The van der Waals surface area contributed by atoms with Gasteiger partial charge in [-0.2, -0.15) is 0 Å². The molecule has 0 spiro atoms. The number of nitrogens with one attached hydrogen (secondary N) is 1. The van der Waals surface area contributed by atoms with E-state index in [1.54, 1.807) is 48.5 Å². The van der Waals surface area contributed by atoms with Crippen LogP contribution < -0.4 is 10.9 Å². The Kier molecular flexibility index (Phi) is 5.12. The quantitative estimate of drug-likeness (QED) is 0.564. The first kappa shape index (κ1) is 17.4. The van der Waals surface area contributed by atoms with Gasteiger partial charge in [0.15, 0.2) is 0 Å². The molecule has 0 radical (unpaired) electrons. The molecular weight excluding hydrogens is 334 g/mol. The molecule has 0 aliphatic heterocycles. The van der Waals surface area contributed by atoms with Gasteiger partial charge in [0, 0.05) is 5.39 Å². The van der Waals surface area contributed by atoms with Crippen molar-refractivity contribution in [3.63, 3.8) is 0 Å². The van der Waals surface area contributed by atoms with E-state index in [1.807, 2.05) is 6.07 Å². The Morgan fingerprint density at radius 2 is 1.77 bits per heavy atom. The second-order valence-corrected chi connectivity index (χ2v) is 5.70. The summed E-state index contributed by atoms with van der Waals surface area (Å²) in [4.78, 5) is 36.5. The molecule has 0 saturated heterocycles. The molecule has 1 N–H and O–H groups in total. The lowest BCUT2D eigenvalue weighted by Crippen LogP contribution is -2.33. The van der Waals surface area contributed by atoms with Gasteiger partial charge in [-0.15, -0.1) is 0 Å². The van der Waals surface area contributed by atoms with Crippen LogP contribution in [0.15, 0.2) is 69.9 Å². The van der Waals surface area contributed by atoms with Crippen molar-refractivity contribution in [1.82, 2.24) is 5.32 Å². The number of carbonyl (C=O) groups excluding carboxylic acids is 2. The summed E-state index contributed by atoms with van der Waals surface area (Å²) >= 11 is 0. The molecule has 0 saturated carbocycles. The van der Waals surface area contributed by atoms with Gasteiger partial charge in [-0.25, -0.2) is 4.79 Å². The van der Waals surface area contributed by atoms with Crippen molar-refractivity contribution in [1.29, 1.82) is 0 Å². The third-order valence-electron chi connectivity index (χ3n) is 3.99. The van der Waals surface area contributed by atoms with Crippen LogP contribution in [0.25, 0.3) is 11.0 Å². The van der Waals surface area contributed by atoms with Crippen molar-refractivity contribution >= 4 is 22.8 Å². The predicted molar refractivity (Wildman–Crippen MR) is 95.8 cm³/mol. The van der Waals surface area contributed by atoms with Crippen LogP contribution in [0.2, 0.25) is 0 Å². The van der Waals surface area contributed by atoms with Crippen molar-refractivity contribution in [2.45, 2.75) is 12.5 Å². The standard InChI is InChI=1S/C20H17NO5/c1-25-18(22)12-16(13-7-3-2-4-8-13)21-19(23)15-11-14-9-5-6-10-17(14)26-20(15)24/h2-11,16H,12H2,1H3,(H,21,23)/t16-/m1/s1. The van der Waals surface area contributed by atoms with Crippen molar-refractivity contribution in [3.8, 4) is 0 Å². The van der Waals surface area contributed by atoms with Crippen molar-refractivity contribution in [2.24, 2.45) is 0 Å². The van der Waals surface area contributed by atoms with Gasteiger partial charge in [0.1, 0.15) is 11.1 Å². The van der Waals surface area contributed by atoms with E-state index < -0.39 is 23.5 Å². The molecule has 2 aromatic carbocycles. The first-order chi connectivity index (χ1) is 12.6. The van der Waals surface area contributed by atoms with Crippen LogP contribution in [-0.4, -0.2) is 19.0 Å². The fraction of sp³-hybridized carbons (Fsp3) is 0.150. The summed E-state index contributed by atoms with van der Waals surface area (Å²) in [6.07, 6.45) is -0.0504. The van der Waals surface area contributed by atoms with Gasteiger partial charge in [0.25, 0.3) is 5.91 Å². The molecule has 1 amide bonds. The highest BCUT2D eigenvalue weighted by Crippen LogP contribution is 2.18. The Hall–Kier alpha value is -3.41. The minimum absolute atomic E-state index is 0.0504. The predicted octanol–water partition coefficient (Wildman–Crippen LogP) is 2.83.